The van der Waals surface area contributed by atoms with E-state index >= 15 is 0 Å². The van der Waals surface area contributed by atoms with Crippen molar-refractivity contribution in [1.29, 1.82) is 0 Å². The molecule has 1 heterocycles. The molecule has 6 nitrogen and oxygen atoms in total. The quantitative estimate of drug-likeness (QED) is 0.772. The third kappa shape index (κ3) is 3.04. The summed E-state index contributed by atoms with van der Waals surface area (Å²) in [5, 5.41) is 1.63. The number of nitrogens with zero attached hydrogens (tertiary/aromatic N) is 1. The molecule has 0 aliphatic carbocycles. The summed E-state index contributed by atoms with van der Waals surface area (Å²) in [5.74, 6) is -3.78. The van der Waals surface area contributed by atoms with Crippen LogP contribution >= 0.6 is 0 Å². The van der Waals surface area contributed by atoms with Crippen molar-refractivity contribution in [3.05, 3.63) is 11.3 Å². The van der Waals surface area contributed by atoms with E-state index in [0.29, 0.717) is 12.8 Å². The summed E-state index contributed by atoms with van der Waals surface area (Å²) in [6.07, 6.45) is -4.10. The van der Waals surface area contributed by atoms with E-state index < -0.39 is 35.1 Å². The molecule has 0 bridgehead atoms. The maximum atomic E-state index is 13.7. The fraction of sp³-hybridized carbons (Fsp3) is 0.643. The molecule has 1 atom stereocenters. The number of hydrogen-bond acceptors (Lipinski definition) is 4. The summed E-state index contributed by atoms with van der Waals surface area (Å²) in [5.41, 5.74) is -4.48. The van der Waals surface area contributed by atoms with Crippen molar-refractivity contribution in [2.75, 3.05) is 13.7 Å². The van der Waals surface area contributed by atoms with Crippen LogP contribution < -0.4 is 5.32 Å². The molecule has 0 radical (unpaired) electrons. The number of amides is 2. The number of esters is 1. The highest BCUT2D eigenvalue weighted by Crippen LogP contribution is 2.45. The molecule has 0 saturated heterocycles. The van der Waals surface area contributed by atoms with Gasteiger partial charge < -0.3 is 15.0 Å². The van der Waals surface area contributed by atoms with Gasteiger partial charge in [-0.2, -0.15) is 13.2 Å². The molecule has 130 valence electrons. The Kier molecular flexibility index (Phi) is 5.44. The highest BCUT2D eigenvalue weighted by molar-refractivity contribution is 6.10. The van der Waals surface area contributed by atoms with Crippen molar-refractivity contribution in [2.45, 2.75) is 45.3 Å². The van der Waals surface area contributed by atoms with Gasteiger partial charge in [-0.25, -0.2) is 4.79 Å². The molecule has 0 aromatic heterocycles. The van der Waals surface area contributed by atoms with Crippen LogP contribution in [0.25, 0.3) is 0 Å². The van der Waals surface area contributed by atoms with Gasteiger partial charge >= 0.3 is 12.1 Å². The summed E-state index contributed by atoms with van der Waals surface area (Å²) in [4.78, 5) is 36.6. The van der Waals surface area contributed by atoms with E-state index in [9.17, 15) is 27.6 Å². The second kappa shape index (κ2) is 6.59. The van der Waals surface area contributed by atoms with E-state index in [4.69, 9.17) is 0 Å². The average molecular weight is 336 g/mol. The molecule has 1 aliphatic heterocycles. The third-order valence-electron chi connectivity index (χ3n) is 3.62. The predicted octanol–water partition coefficient (Wildman–Crippen LogP) is 1.51. The number of unbranched alkanes of at least 4 members (excludes halogenated alkanes) is 1. The second-order valence-corrected chi connectivity index (χ2v) is 5.19. The first-order valence-corrected chi connectivity index (χ1v) is 7.01. The highest BCUT2D eigenvalue weighted by Gasteiger charge is 2.70. The smallest absolute Gasteiger partial charge is 0.425 e. The number of carbonyl (C=O) groups is 3. The fourth-order valence-corrected chi connectivity index (χ4v) is 2.57. The molecule has 0 aromatic carbocycles. The Morgan fingerprint density at radius 2 is 1.91 bits per heavy atom. The average Bonchev–Trinajstić information content (AvgIpc) is 2.64. The normalized spacial score (nSPS) is 21.7. The lowest BCUT2D eigenvalue weighted by Crippen LogP contribution is -2.66. The molecular weight excluding hydrogens is 317 g/mol. The largest absolute Gasteiger partial charge is 0.466 e. The van der Waals surface area contributed by atoms with Gasteiger partial charge in [0.05, 0.1) is 7.11 Å². The number of allylic oxidation sites excluding steroid dienone is 1. The molecule has 0 spiro atoms. The van der Waals surface area contributed by atoms with Crippen LogP contribution in [0.15, 0.2) is 11.3 Å². The van der Waals surface area contributed by atoms with Gasteiger partial charge in [0.15, 0.2) is 0 Å². The van der Waals surface area contributed by atoms with Crippen LogP contribution in [0.2, 0.25) is 0 Å². The van der Waals surface area contributed by atoms with E-state index in [1.165, 1.54) is 6.92 Å². The van der Waals surface area contributed by atoms with Crippen LogP contribution in [-0.2, 0) is 19.1 Å². The van der Waals surface area contributed by atoms with E-state index in [0.717, 1.165) is 18.9 Å². The van der Waals surface area contributed by atoms with E-state index in [2.05, 4.69) is 4.74 Å². The molecule has 0 fully saturated rings. The maximum absolute atomic E-state index is 13.7. The molecule has 1 aliphatic rings. The van der Waals surface area contributed by atoms with Crippen LogP contribution in [0.5, 0.6) is 0 Å². The number of rotatable bonds is 5. The Bertz CT molecular complexity index is 557. The molecule has 2 amide bonds. The van der Waals surface area contributed by atoms with Crippen molar-refractivity contribution < 1.29 is 32.3 Å². The van der Waals surface area contributed by atoms with E-state index in [1.807, 2.05) is 6.92 Å². The van der Waals surface area contributed by atoms with Crippen LogP contribution in [0.3, 0.4) is 0 Å². The summed E-state index contributed by atoms with van der Waals surface area (Å²) >= 11 is 0. The van der Waals surface area contributed by atoms with Crippen LogP contribution in [0.4, 0.5) is 13.2 Å². The van der Waals surface area contributed by atoms with Gasteiger partial charge in [-0.1, -0.05) is 13.3 Å². The lowest BCUT2D eigenvalue weighted by atomic mass is 9.89. The Morgan fingerprint density at radius 1 is 1.35 bits per heavy atom. The predicted molar refractivity (Wildman–Crippen MR) is 73.9 cm³/mol. The zero-order valence-electron chi connectivity index (χ0n) is 13.3. The second-order valence-electron chi connectivity index (χ2n) is 5.19. The van der Waals surface area contributed by atoms with Crippen molar-refractivity contribution >= 4 is 17.8 Å². The summed E-state index contributed by atoms with van der Waals surface area (Å²) in [6.45, 7) is 3.90. The van der Waals surface area contributed by atoms with Crippen LogP contribution in [0.1, 0.15) is 33.6 Å². The standard InChI is InChI=1S/C14H19F3N2O4/c1-5-6-7-19-8(2)10(11(21)23-4)13(12(19)22,14(15,16)17)18-9(3)20/h5-7H2,1-4H3,(H,18,20)/t13-/m1/s1. The topological polar surface area (TPSA) is 75.7 Å². The molecule has 1 N–H and O–H groups in total. The zero-order chi connectivity index (χ0) is 18.0. The molecule has 1 rings (SSSR count). The first kappa shape index (κ1) is 19.0. The monoisotopic (exact) mass is 336 g/mol. The number of alkyl halides is 3. The highest BCUT2D eigenvalue weighted by atomic mass is 19.4. The first-order valence-electron chi connectivity index (χ1n) is 7.01. The zero-order valence-corrected chi connectivity index (χ0v) is 13.3. The van der Waals surface area contributed by atoms with Crippen molar-refractivity contribution in [2.24, 2.45) is 0 Å². The van der Waals surface area contributed by atoms with Crippen LogP contribution in [0, 0.1) is 0 Å². The molecule has 23 heavy (non-hydrogen) atoms. The molecule has 0 aromatic rings. The van der Waals surface area contributed by atoms with Gasteiger partial charge in [0, 0.05) is 19.2 Å². The number of methoxy groups -OCH3 is 1. The van der Waals surface area contributed by atoms with Gasteiger partial charge in [-0.15, -0.1) is 0 Å². The number of carbonyl (C=O) groups excluding carboxylic acids is 3. The minimum atomic E-state index is -5.19. The molecule has 0 unspecified atom stereocenters. The number of ether oxygens (including phenoxy) is 1. The van der Waals surface area contributed by atoms with Gasteiger partial charge in [0.1, 0.15) is 5.57 Å². The molecule has 0 saturated carbocycles. The van der Waals surface area contributed by atoms with Crippen molar-refractivity contribution in [3.63, 3.8) is 0 Å². The lowest BCUT2D eigenvalue weighted by Gasteiger charge is -2.32. The van der Waals surface area contributed by atoms with Gasteiger partial charge in [0.25, 0.3) is 5.91 Å². The van der Waals surface area contributed by atoms with Crippen LogP contribution in [-0.4, -0.2) is 48.1 Å². The fourth-order valence-electron chi connectivity index (χ4n) is 2.57. The molecular formula is C14H19F3N2O4. The Labute approximate surface area is 131 Å². The Balaban J connectivity index is 3.60. The Morgan fingerprint density at radius 3 is 2.30 bits per heavy atom. The minimum Gasteiger partial charge on any atom is -0.466 e. The van der Waals surface area contributed by atoms with E-state index in [1.54, 1.807) is 5.32 Å². The summed E-state index contributed by atoms with van der Waals surface area (Å²) in [6, 6.07) is 0. The number of hydrogen-bond donors (Lipinski definition) is 1. The van der Waals surface area contributed by atoms with Crippen molar-refractivity contribution in [1.82, 2.24) is 10.2 Å². The van der Waals surface area contributed by atoms with Gasteiger partial charge in [0.2, 0.25) is 11.4 Å². The van der Waals surface area contributed by atoms with Crippen molar-refractivity contribution in [3.8, 4) is 0 Å². The SMILES string of the molecule is CCCCN1C(=O)[C@@](NC(C)=O)(C(F)(F)F)C(C(=O)OC)=C1C. The van der Waals surface area contributed by atoms with E-state index in [-0.39, 0.29) is 12.2 Å². The number of nitrogens with one attached hydrogen (secondary N) is 1. The number of halogens is 3. The molecule has 9 heteroatoms. The Hall–Kier alpha value is -2.06. The summed E-state index contributed by atoms with van der Waals surface area (Å²) < 4.78 is 45.6. The lowest BCUT2D eigenvalue weighted by molar-refractivity contribution is -0.195. The third-order valence-corrected chi connectivity index (χ3v) is 3.62. The maximum Gasteiger partial charge on any atom is 0.425 e. The van der Waals surface area contributed by atoms with Gasteiger partial charge in [-0.05, 0) is 13.3 Å². The summed E-state index contributed by atoms with van der Waals surface area (Å²) in [7, 11) is 0.913. The first-order chi connectivity index (χ1) is 10.5. The van der Waals surface area contributed by atoms with Gasteiger partial charge in [-0.3, -0.25) is 9.59 Å². The minimum absolute atomic E-state index is 0.0130.